The second-order valence-electron chi connectivity index (χ2n) is 6.15. The van der Waals surface area contributed by atoms with Crippen molar-refractivity contribution in [3.63, 3.8) is 0 Å². The van der Waals surface area contributed by atoms with E-state index in [0.29, 0.717) is 23.3 Å². The van der Waals surface area contributed by atoms with E-state index in [-0.39, 0.29) is 11.7 Å². The van der Waals surface area contributed by atoms with Crippen LogP contribution in [-0.4, -0.2) is 34.4 Å². The maximum atomic E-state index is 12.4. The van der Waals surface area contributed by atoms with Crippen LogP contribution in [0.5, 0.6) is 0 Å². The Morgan fingerprint density at radius 3 is 3.21 bits per heavy atom. The van der Waals surface area contributed by atoms with Crippen molar-refractivity contribution < 1.29 is 4.74 Å². The number of hydrogen-bond acceptors (Lipinski definition) is 6. The Hall–Kier alpha value is -1.38. The number of nitrogens with two attached hydrogens (primary N) is 1. The first kappa shape index (κ1) is 16.1. The molecular formula is C16H20N4O2S2. The minimum atomic E-state index is -0.0233. The van der Waals surface area contributed by atoms with Crippen LogP contribution in [0.25, 0.3) is 10.2 Å². The molecule has 2 aliphatic rings. The molecule has 4 rings (SSSR count). The zero-order valence-electron chi connectivity index (χ0n) is 13.3. The van der Waals surface area contributed by atoms with Gasteiger partial charge in [-0.25, -0.2) is 4.98 Å². The van der Waals surface area contributed by atoms with Crippen molar-refractivity contribution in [3.05, 3.63) is 26.6 Å². The van der Waals surface area contributed by atoms with E-state index >= 15 is 0 Å². The molecule has 6 nitrogen and oxygen atoms in total. The molecule has 1 unspecified atom stereocenters. The number of aliphatic imine (C=N–C) groups is 1. The third-order valence-corrected chi connectivity index (χ3v) is 6.48. The van der Waals surface area contributed by atoms with Gasteiger partial charge in [0.2, 0.25) is 0 Å². The number of aromatic amines is 1. The molecule has 0 saturated carbocycles. The first-order valence-electron chi connectivity index (χ1n) is 8.28. The Kier molecular flexibility index (Phi) is 4.60. The van der Waals surface area contributed by atoms with Gasteiger partial charge in [-0.15, -0.1) is 11.3 Å². The lowest BCUT2D eigenvalue weighted by Gasteiger charge is -2.06. The predicted molar refractivity (Wildman–Crippen MR) is 99.0 cm³/mol. The van der Waals surface area contributed by atoms with Gasteiger partial charge in [-0.1, -0.05) is 11.8 Å². The molecule has 2 aromatic heterocycles. The molecule has 1 atom stereocenters. The number of rotatable bonds is 4. The molecule has 1 aliphatic carbocycles. The van der Waals surface area contributed by atoms with Gasteiger partial charge in [0.15, 0.2) is 5.17 Å². The fourth-order valence-electron chi connectivity index (χ4n) is 3.28. The van der Waals surface area contributed by atoms with E-state index in [9.17, 15) is 4.79 Å². The number of amidine groups is 1. The van der Waals surface area contributed by atoms with Crippen molar-refractivity contribution in [2.24, 2.45) is 10.7 Å². The molecule has 0 radical (unpaired) electrons. The van der Waals surface area contributed by atoms with Gasteiger partial charge >= 0.3 is 0 Å². The van der Waals surface area contributed by atoms with Crippen LogP contribution in [0.1, 0.15) is 35.5 Å². The highest BCUT2D eigenvalue weighted by molar-refractivity contribution is 8.13. The number of nitrogens with one attached hydrogen (secondary N) is 1. The minimum absolute atomic E-state index is 0.0233. The number of thioether (sulfide) groups is 1. The molecule has 0 spiro atoms. The zero-order valence-corrected chi connectivity index (χ0v) is 15.0. The second-order valence-corrected chi connectivity index (χ2v) is 8.23. The third kappa shape index (κ3) is 3.22. The number of aromatic nitrogens is 2. The summed E-state index contributed by atoms with van der Waals surface area (Å²) in [5, 5.41) is 1.31. The smallest absolute Gasteiger partial charge is 0.259 e. The van der Waals surface area contributed by atoms with Crippen molar-refractivity contribution >= 4 is 38.5 Å². The van der Waals surface area contributed by atoms with Crippen LogP contribution >= 0.6 is 23.1 Å². The molecule has 24 heavy (non-hydrogen) atoms. The van der Waals surface area contributed by atoms with Crippen molar-refractivity contribution in [2.75, 3.05) is 13.2 Å². The SMILES string of the molecule is NC(=NCC1CCCO1)SCc1nc2sc3c(c2c(=O)[nH]1)CCC3. The van der Waals surface area contributed by atoms with Gasteiger partial charge in [0.25, 0.3) is 5.56 Å². The van der Waals surface area contributed by atoms with E-state index in [1.165, 1.54) is 22.2 Å². The molecule has 2 aromatic rings. The highest BCUT2D eigenvalue weighted by atomic mass is 32.2. The third-order valence-electron chi connectivity index (χ3n) is 4.46. The highest BCUT2D eigenvalue weighted by Crippen LogP contribution is 2.34. The summed E-state index contributed by atoms with van der Waals surface area (Å²) in [6, 6.07) is 0. The second kappa shape index (κ2) is 6.85. The van der Waals surface area contributed by atoms with E-state index in [1.54, 1.807) is 11.3 Å². The molecule has 1 aliphatic heterocycles. The summed E-state index contributed by atoms with van der Waals surface area (Å²) in [6.07, 6.45) is 5.57. The van der Waals surface area contributed by atoms with Gasteiger partial charge in [-0.05, 0) is 37.7 Å². The summed E-state index contributed by atoms with van der Waals surface area (Å²) in [4.78, 5) is 26.4. The lowest BCUT2D eigenvalue weighted by molar-refractivity contribution is 0.118. The number of aryl methyl sites for hydroxylation is 2. The Balaban J connectivity index is 1.45. The fourth-order valence-corrected chi connectivity index (χ4v) is 5.15. The molecule has 1 fully saturated rings. The number of nitrogens with zero attached hydrogens (tertiary/aromatic N) is 2. The first-order chi connectivity index (χ1) is 11.7. The maximum absolute atomic E-state index is 12.4. The number of hydrogen-bond donors (Lipinski definition) is 2. The van der Waals surface area contributed by atoms with Crippen LogP contribution in [0.15, 0.2) is 9.79 Å². The monoisotopic (exact) mass is 364 g/mol. The quantitative estimate of drug-likeness (QED) is 0.641. The molecule has 3 heterocycles. The predicted octanol–water partition coefficient (Wildman–Crippen LogP) is 2.20. The van der Waals surface area contributed by atoms with Crippen molar-refractivity contribution in [3.8, 4) is 0 Å². The molecule has 0 aromatic carbocycles. The average molecular weight is 364 g/mol. The highest BCUT2D eigenvalue weighted by Gasteiger charge is 2.21. The van der Waals surface area contributed by atoms with Gasteiger partial charge in [-0.3, -0.25) is 9.79 Å². The molecule has 0 amide bonds. The van der Waals surface area contributed by atoms with E-state index in [2.05, 4.69) is 15.0 Å². The molecule has 8 heteroatoms. The zero-order chi connectivity index (χ0) is 16.5. The Labute approximate surface area is 147 Å². The van der Waals surface area contributed by atoms with Crippen LogP contribution < -0.4 is 11.3 Å². The van der Waals surface area contributed by atoms with Crippen LogP contribution in [0.2, 0.25) is 0 Å². The van der Waals surface area contributed by atoms with E-state index in [4.69, 9.17) is 10.5 Å². The van der Waals surface area contributed by atoms with Crippen LogP contribution in [-0.2, 0) is 23.3 Å². The molecule has 3 N–H and O–H groups in total. The lowest BCUT2D eigenvalue weighted by Crippen LogP contribution is -2.16. The van der Waals surface area contributed by atoms with Crippen molar-refractivity contribution in [1.29, 1.82) is 0 Å². The van der Waals surface area contributed by atoms with Crippen molar-refractivity contribution in [2.45, 2.75) is 44.0 Å². The largest absolute Gasteiger partial charge is 0.379 e. The minimum Gasteiger partial charge on any atom is -0.379 e. The molecule has 1 saturated heterocycles. The Morgan fingerprint density at radius 2 is 2.38 bits per heavy atom. The van der Waals surface area contributed by atoms with Gasteiger partial charge in [0, 0.05) is 11.5 Å². The molecular weight excluding hydrogens is 344 g/mol. The summed E-state index contributed by atoms with van der Waals surface area (Å²) < 4.78 is 5.53. The van der Waals surface area contributed by atoms with E-state index in [0.717, 1.165) is 48.9 Å². The normalized spacial score (nSPS) is 20.8. The summed E-state index contributed by atoms with van der Waals surface area (Å²) in [5.74, 6) is 1.18. The van der Waals surface area contributed by atoms with Crippen molar-refractivity contribution in [1.82, 2.24) is 9.97 Å². The average Bonchev–Trinajstić information content (AvgIpc) is 3.27. The summed E-state index contributed by atoms with van der Waals surface area (Å²) >= 11 is 3.06. The first-order valence-corrected chi connectivity index (χ1v) is 10.1. The van der Waals surface area contributed by atoms with Crippen LogP contribution in [0, 0.1) is 0 Å². The summed E-state index contributed by atoms with van der Waals surface area (Å²) in [6.45, 7) is 1.43. The lowest BCUT2D eigenvalue weighted by atomic mass is 10.2. The number of ether oxygens (including phenoxy) is 1. The van der Waals surface area contributed by atoms with E-state index < -0.39 is 0 Å². The van der Waals surface area contributed by atoms with E-state index in [1.807, 2.05) is 0 Å². The fraction of sp³-hybridized carbons (Fsp3) is 0.562. The van der Waals surface area contributed by atoms with Crippen LogP contribution in [0.4, 0.5) is 0 Å². The molecule has 0 bridgehead atoms. The topological polar surface area (TPSA) is 93.4 Å². The standard InChI is InChI=1S/C16H20N4O2S2/c17-16(18-7-9-3-2-6-22-9)23-8-12-19-14(21)13-10-4-1-5-11(10)24-15(13)20-12/h9H,1-8H2,(H2,17,18)(H,19,20,21). The summed E-state index contributed by atoms with van der Waals surface area (Å²) in [7, 11) is 0. The van der Waals surface area contributed by atoms with Gasteiger partial charge in [0.05, 0.1) is 23.8 Å². The van der Waals surface area contributed by atoms with Gasteiger partial charge in [-0.2, -0.15) is 0 Å². The Bertz CT molecular complexity index is 836. The maximum Gasteiger partial charge on any atom is 0.259 e. The number of thiophene rings is 1. The van der Waals surface area contributed by atoms with Crippen LogP contribution in [0.3, 0.4) is 0 Å². The van der Waals surface area contributed by atoms with Gasteiger partial charge < -0.3 is 15.5 Å². The Morgan fingerprint density at radius 1 is 1.46 bits per heavy atom. The summed E-state index contributed by atoms with van der Waals surface area (Å²) in [5.41, 5.74) is 7.14. The number of fused-ring (bicyclic) bond motifs is 3. The molecule has 128 valence electrons. The number of H-pyrrole nitrogens is 1. The van der Waals surface area contributed by atoms with Gasteiger partial charge in [0.1, 0.15) is 10.7 Å².